The van der Waals surface area contributed by atoms with Crippen LogP contribution >= 0.6 is 0 Å². The van der Waals surface area contributed by atoms with Crippen molar-refractivity contribution in [1.29, 1.82) is 0 Å². The molecule has 0 saturated carbocycles. The van der Waals surface area contributed by atoms with Crippen LogP contribution in [0, 0.1) is 13.8 Å². The molecular formula is C20H18N4. The van der Waals surface area contributed by atoms with E-state index in [9.17, 15) is 0 Å². The van der Waals surface area contributed by atoms with Gasteiger partial charge in [0.25, 0.3) is 0 Å². The minimum atomic E-state index is 0.755. The highest BCUT2D eigenvalue weighted by atomic mass is 15.3. The van der Waals surface area contributed by atoms with Crippen LogP contribution in [0.3, 0.4) is 0 Å². The number of hydrazone groups is 1. The summed E-state index contributed by atoms with van der Waals surface area (Å²) in [4.78, 5) is 7.93. The normalized spacial score (nSPS) is 11.6. The van der Waals surface area contributed by atoms with Crippen LogP contribution in [0.5, 0.6) is 0 Å². The minimum Gasteiger partial charge on any atom is -0.361 e. The molecule has 0 bridgehead atoms. The maximum Gasteiger partial charge on any atom is 0.147 e. The van der Waals surface area contributed by atoms with Crippen molar-refractivity contribution in [2.45, 2.75) is 13.8 Å². The van der Waals surface area contributed by atoms with Gasteiger partial charge in [-0.1, -0.05) is 36.4 Å². The van der Waals surface area contributed by atoms with Crippen molar-refractivity contribution < 1.29 is 0 Å². The highest BCUT2D eigenvalue weighted by molar-refractivity contribution is 5.99. The molecule has 2 aromatic carbocycles. The first-order valence-corrected chi connectivity index (χ1v) is 7.94. The number of hydrogen-bond acceptors (Lipinski definition) is 3. The van der Waals surface area contributed by atoms with Crippen molar-refractivity contribution in [2.24, 2.45) is 5.10 Å². The summed E-state index contributed by atoms with van der Waals surface area (Å²) in [7, 11) is 0. The number of fused-ring (bicyclic) bond motifs is 2. The van der Waals surface area contributed by atoms with Crippen LogP contribution in [0.2, 0.25) is 0 Å². The average molecular weight is 314 g/mol. The van der Waals surface area contributed by atoms with Gasteiger partial charge in [0.2, 0.25) is 0 Å². The molecule has 0 amide bonds. The van der Waals surface area contributed by atoms with Gasteiger partial charge in [0.1, 0.15) is 5.82 Å². The van der Waals surface area contributed by atoms with Crippen LogP contribution < -0.4 is 5.43 Å². The van der Waals surface area contributed by atoms with Crippen LogP contribution in [0.15, 0.2) is 59.8 Å². The zero-order valence-corrected chi connectivity index (χ0v) is 13.7. The Morgan fingerprint density at radius 3 is 2.75 bits per heavy atom. The molecule has 0 unspecified atom stereocenters. The molecular weight excluding hydrogens is 296 g/mol. The first-order valence-electron chi connectivity index (χ1n) is 7.94. The van der Waals surface area contributed by atoms with Crippen molar-refractivity contribution >= 4 is 33.8 Å². The van der Waals surface area contributed by atoms with E-state index in [0.717, 1.165) is 27.8 Å². The van der Waals surface area contributed by atoms with E-state index in [1.165, 1.54) is 16.5 Å². The fourth-order valence-electron chi connectivity index (χ4n) is 2.99. The molecule has 4 rings (SSSR count). The van der Waals surface area contributed by atoms with E-state index in [1.807, 2.05) is 30.6 Å². The number of pyridine rings is 1. The van der Waals surface area contributed by atoms with Crippen molar-refractivity contribution in [2.75, 3.05) is 5.43 Å². The monoisotopic (exact) mass is 314 g/mol. The SMILES string of the molecule is Cc1cc(N/N=C/c2c[nH]c3ccccc23)nc2c(C)cccc12. The molecule has 0 radical (unpaired) electrons. The topological polar surface area (TPSA) is 53.1 Å². The number of aromatic amines is 1. The van der Waals surface area contributed by atoms with Gasteiger partial charge in [-0.2, -0.15) is 5.10 Å². The van der Waals surface area contributed by atoms with Crippen molar-refractivity contribution in [1.82, 2.24) is 9.97 Å². The zero-order valence-electron chi connectivity index (χ0n) is 13.7. The Morgan fingerprint density at radius 1 is 1.00 bits per heavy atom. The molecule has 2 N–H and O–H groups in total. The molecule has 2 heterocycles. The van der Waals surface area contributed by atoms with Crippen molar-refractivity contribution in [3.05, 3.63) is 71.4 Å². The lowest BCUT2D eigenvalue weighted by molar-refractivity contribution is 1.24. The quantitative estimate of drug-likeness (QED) is 0.422. The molecule has 0 aliphatic rings. The van der Waals surface area contributed by atoms with Crippen LogP contribution in [0.1, 0.15) is 16.7 Å². The second kappa shape index (κ2) is 5.81. The molecule has 0 spiro atoms. The fourth-order valence-corrected chi connectivity index (χ4v) is 2.99. The summed E-state index contributed by atoms with van der Waals surface area (Å²) in [5.41, 5.74) is 8.58. The fraction of sp³-hybridized carbons (Fsp3) is 0.100. The number of hydrogen-bond donors (Lipinski definition) is 2. The number of aromatic nitrogens is 2. The number of para-hydroxylation sites is 2. The minimum absolute atomic E-state index is 0.755. The predicted octanol–water partition coefficient (Wildman–Crippen LogP) is 4.78. The van der Waals surface area contributed by atoms with Gasteiger partial charge in [0.15, 0.2) is 0 Å². The summed E-state index contributed by atoms with van der Waals surface area (Å²) in [6.45, 7) is 4.17. The maximum atomic E-state index is 4.68. The predicted molar refractivity (Wildman–Crippen MR) is 101 cm³/mol. The van der Waals surface area contributed by atoms with E-state index < -0.39 is 0 Å². The first-order chi connectivity index (χ1) is 11.7. The van der Waals surface area contributed by atoms with Gasteiger partial charge >= 0.3 is 0 Å². The van der Waals surface area contributed by atoms with Gasteiger partial charge in [-0.05, 0) is 37.1 Å². The number of aryl methyl sites for hydroxylation is 2. The van der Waals surface area contributed by atoms with Crippen molar-refractivity contribution in [3.63, 3.8) is 0 Å². The molecule has 118 valence electrons. The third-order valence-corrected chi connectivity index (χ3v) is 4.25. The highest BCUT2D eigenvalue weighted by Crippen LogP contribution is 2.23. The number of benzene rings is 2. The third kappa shape index (κ3) is 2.52. The number of nitrogens with one attached hydrogen (secondary N) is 2. The van der Waals surface area contributed by atoms with Crippen LogP contribution in [-0.2, 0) is 0 Å². The Hall–Kier alpha value is -3.14. The van der Waals surface area contributed by atoms with Gasteiger partial charge in [-0.25, -0.2) is 4.98 Å². The lowest BCUT2D eigenvalue weighted by Gasteiger charge is -2.07. The van der Waals surface area contributed by atoms with Gasteiger partial charge in [-0.3, -0.25) is 5.43 Å². The number of rotatable bonds is 3. The summed E-state index contributed by atoms with van der Waals surface area (Å²) >= 11 is 0. The summed E-state index contributed by atoms with van der Waals surface area (Å²) in [5.74, 6) is 0.755. The lowest BCUT2D eigenvalue weighted by atomic mass is 10.1. The molecule has 0 aliphatic heterocycles. The molecule has 0 saturated heterocycles. The van der Waals surface area contributed by atoms with E-state index in [-0.39, 0.29) is 0 Å². The molecule has 4 nitrogen and oxygen atoms in total. The zero-order chi connectivity index (χ0) is 16.5. The van der Waals surface area contributed by atoms with E-state index in [4.69, 9.17) is 0 Å². The Bertz CT molecular complexity index is 1060. The molecule has 4 aromatic rings. The van der Waals surface area contributed by atoms with Crippen LogP contribution in [0.25, 0.3) is 21.8 Å². The standard InChI is InChI=1S/C20H18N4/c1-13-6-5-8-16-14(2)10-19(23-20(13)16)24-22-12-15-11-21-18-9-4-3-7-17(15)18/h3-12,21H,1-2H3,(H,23,24)/b22-12+. The Balaban J connectivity index is 1.64. The molecule has 0 fully saturated rings. The maximum absolute atomic E-state index is 4.68. The Kier molecular flexibility index (Phi) is 3.50. The first kappa shape index (κ1) is 14.5. The molecule has 4 heteroatoms. The van der Waals surface area contributed by atoms with Gasteiger partial charge in [-0.15, -0.1) is 0 Å². The Morgan fingerprint density at radius 2 is 1.83 bits per heavy atom. The van der Waals surface area contributed by atoms with Gasteiger partial charge < -0.3 is 4.98 Å². The summed E-state index contributed by atoms with van der Waals surface area (Å²) in [6.07, 6.45) is 3.77. The molecule has 0 aliphatic carbocycles. The largest absolute Gasteiger partial charge is 0.361 e. The summed E-state index contributed by atoms with van der Waals surface area (Å²) in [5, 5.41) is 6.69. The average Bonchev–Trinajstić information content (AvgIpc) is 2.99. The van der Waals surface area contributed by atoms with Gasteiger partial charge in [0, 0.05) is 28.0 Å². The lowest BCUT2D eigenvalue weighted by Crippen LogP contribution is -1.96. The number of nitrogens with zero attached hydrogens (tertiary/aromatic N) is 2. The number of anilines is 1. The van der Waals surface area contributed by atoms with Gasteiger partial charge in [0.05, 0.1) is 11.7 Å². The smallest absolute Gasteiger partial charge is 0.147 e. The van der Waals surface area contributed by atoms with E-state index in [0.29, 0.717) is 0 Å². The van der Waals surface area contributed by atoms with E-state index in [2.05, 4.69) is 64.7 Å². The van der Waals surface area contributed by atoms with Crippen LogP contribution in [0.4, 0.5) is 5.82 Å². The summed E-state index contributed by atoms with van der Waals surface area (Å²) in [6, 6.07) is 16.4. The van der Waals surface area contributed by atoms with E-state index >= 15 is 0 Å². The number of H-pyrrole nitrogens is 1. The van der Waals surface area contributed by atoms with Crippen LogP contribution in [-0.4, -0.2) is 16.2 Å². The second-order valence-electron chi connectivity index (χ2n) is 5.96. The second-order valence-corrected chi connectivity index (χ2v) is 5.96. The van der Waals surface area contributed by atoms with E-state index in [1.54, 1.807) is 0 Å². The summed E-state index contributed by atoms with van der Waals surface area (Å²) < 4.78 is 0. The molecule has 2 aromatic heterocycles. The third-order valence-electron chi connectivity index (χ3n) is 4.25. The Labute approximate surface area is 140 Å². The van der Waals surface area contributed by atoms with Crippen molar-refractivity contribution in [3.8, 4) is 0 Å². The molecule has 0 atom stereocenters. The highest BCUT2D eigenvalue weighted by Gasteiger charge is 2.04. The molecule has 24 heavy (non-hydrogen) atoms.